The predicted molar refractivity (Wildman–Crippen MR) is 127 cm³/mol. The van der Waals surface area contributed by atoms with E-state index >= 15 is 0 Å². The second-order valence-electron chi connectivity index (χ2n) is 6.45. The fourth-order valence-electron chi connectivity index (χ4n) is 3.17. The van der Waals surface area contributed by atoms with Crippen molar-refractivity contribution >= 4 is 45.3 Å². The van der Waals surface area contributed by atoms with Crippen LogP contribution in [0.15, 0.2) is 82.7 Å². The van der Waals surface area contributed by atoms with Crippen LogP contribution in [0.25, 0.3) is 16.6 Å². The molecule has 0 fully saturated rings. The minimum absolute atomic E-state index is 0.0831. The maximum absolute atomic E-state index is 13.5. The first-order valence-electron chi connectivity index (χ1n) is 9.20. The first-order valence-corrected chi connectivity index (χ1v) is 11.3. The lowest BCUT2D eigenvalue weighted by atomic mass is 10.2. The predicted octanol–water partition coefficient (Wildman–Crippen LogP) is 5.33. The summed E-state index contributed by atoms with van der Waals surface area (Å²) in [6, 6.07) is 23.6. The molecule has 0 saturated heterocycles. The highest BCUT2D eigenvalue weighted by Crippen LogP contribution is 2.27. The second kappa shape index (κ2) is 9.00. The number of benzene rings is 3. The number of para-hydroxylation sites is 2. The fourth-order valence-corrected chi connectivity index (χ4v) is 4.65. The Morgan fingerprint density at radius 3 is 2.59 bits per heavy atom. The lowest BCUT2D eigenvalue weighted by Crippen LogP contribution is -2.22. The average Bonchev–Trinajstić information content (AvgIpc) is 2.75. The van der Waals surface area contributed by atoms with Gasteiger partial charge in [0, 0.05) is 9.32 Å². The van der Waals surface area contributed by atoms with E-state index in [9.17, 15) is 4.79 Å². The quantitative estimate of drug-likeness (QED) is 0.198. The van der Waals surface area contributed by atoms with Crippen LogP contribution in [0.3, 0.4) is 0 Å². The molecule has 1 aromatic heterocycles. The summed E-state index contributed by atoms with van der Waals surface area (Å²) < 4.78 is 8.20. The molecule has 4 nitrogen and oxygen atoms in total. The Balaban J connectivity index is 1.81. The minimum Gasteiger partial charge on any atom is -0.495 e. The van der Waals surface area contributed by atoms with Crippen molar-refractivity contribution in [2.45, 2.75) is 11.6 Å². The van der Waals surface area contributed by atoms with E-state index in [1.165, 1.54) is 5.56 Å². The van der Waals surface area contributed by atoms with Crippen LogP contribution in [0.1, 0.15) is 5.56 Å². The first kappa shape index (κ1) is 20.0. The van der Waals surface area contributed by atoms with E-state index in [1.54, 1.807) is 23.4 Å². The van der Waals surface area contributed by atoms with Gasteiger partial charge >= 0.3 is 0 Å². The number of ether oxygens (including phenoxy) is 1. The van der Waals surface area contributed by atoms with E-state index in [0.29, 0.717) is 27.5 Å². The molecule has 146 valence electrons. The number of methoxy groups -OCH3 is 1. The molecule has 0 aliphatic carbocycles. The van der Waals surface area contributed by atoms with Crippen molar-refractivity contribution in [2.24, 2.45) is 0 Å². The Hall–Kier alpha value is -2.32. The molecule has 3 aromatic carbocycles. The Morgan fingerprint density at radius 1 is 1.03 bits per heavy atom. The molecule has 1 heterocycles. The van der Waals surface area contributed by atoms with E-state index in [0.717, 1.165) is 15.7 Å². The standard InChI is InChI=1S/C23H19IN2O2S/c1-28-21-10-6-5-9-20(21)26-22(27)18-15-17(24)11-12-19(18)25-23(26)29-14-13-16-7-3-2-4-8-16/h2-12,15H,13-14H2,1H3. The number of thioether (sulfide) groups is 1. The van der Waals surface area contributed by atoms with Gasteiger partial charge in [-0.15, -0.1) is 0 Å². The zero-order valence-corrected chi connectivity index (χ0v) is 18.8. The Bertz CT molecular complexity index is 1210. The van der Waals surface area contributed by atoms with Crippen molar-refractivity contribution in [1.29, 1.82) is 0 Å². The van der Waals surface area contributed by atoms with Crippen molar-refractivity contribution in [1.82, 2.24) is 9.55 Å². The molecule has 29 heavy (non-hydrogen) atoms. The molecule has 4 rings (SSSR count). The van der Waals surface area contributed by atoms with Crippen molar-refractivity contribution in [3.05, 3.63) is 92.3 Å². The van der Waals surface area contributed by atoms with Crippen LogP contribution >= 0.6 is 34.4 Å². The van der Waals surface area contributed by atoms with E-state index in [-0.39, 0.29) is 5.56 Å². The van der Waals surface area contributed by atoms with Crippen LogP contribution < -0.4 is 10.3 Å². The van der Waals surface area contributed by atoms with Gasteiger partial charge in [-0.3, -0.25) is 9.36 Å². The molecule has 0 saturated carbocycles. The van der Waals surface area contributed by atoms with Crippen LogP contribution in [0.5, 0.6) is 5.75 Å². The second-order valence-corrected chi connectivity index (χ2v) is 8.76. The van der Waals surface area contributed by atoms with Crippen LogP contribution in [-0.4, -0.2) is 22.4 Å². The van der Waals surface area contributed by atoms with Gasteiger partial charge in [0.05, 0.1) is 23.7 Å². The van der Waals surface area contributed by atoms with E-state index in [4.69, 9.17) is 9.72 Å². The first-order chi connectivity index (χ1) is 14.2. The number of hydrogen-bond acceptors (Lipinski definition) is 4. The van der Waals surface area contributed by atoms with Gasteiger partial charge < -0.3 is 4.74 Å². The molecule has 0 bridgehead atoms. The highest BCUT2D eigenvalue weighted by molar-refractivity contribution is 14.1. The number of hydrogen-bond donors (Lipinski definition) is 0. The number of nitrogens with zero attached hydrogens (tertiary/aromatic N) is 2. The largest absolute Gasteiger partial charge is 0.495 e. The van der Waals surface area contributed by atoms with E-state index in [2.05, 4.69) is 34.7 Å². The van der Waals surface area contributed by atoms with Crippen molar-refractivity contribution in [2.75, 3.05) is 12.9 Å². The van der Waals surface area contributed by atoms with Crippen LogP contribution in [0, 0.1) is 3.57 Å². The smallest absolute Gasteiger partial charge is 0.266 e. The fraction of sp³-hybridized carbons (Fsp3) is 0.130. The lowest BCUT2D eigenvalue weighted by Gasteiger charge is -2.16. The highest BCUT2D eigenvalue weighted by Gasteiger charge is 2.16. The van der Waals surface area contributed by atoms with Gasteiger partial charge in [-0.1, -0.05) is 54.2 Å². The van der Waals surface area contributed by atoms with Crippen molar-refractivity contribution in [3.8, 4) is 11.4 Å². The van der Waals surface area contributed by atoms with E-state index < -0.39 is 0 Å². The van der Waals surface area contributed by atoms with E-state index in [1.807, 2.05) is 60.7 Å². The van der Waals surface area contributed by atoms with Gasteiger partial charge in [0.15, 0.2) is 5.16 Å². The summed E-state index contributed by atoms with van der Waals surface area (Å²) in [7, 11) is 1.61. The number of aryl methyl sites for hydroxylation is 1. The molecule has 0 aliphatic heterocycles. The topological polar surface area (TPSA) is 44.1 Å². The minimum atomic E-state index is -0.0831. The summed E-state index contributed by atoms with van der Waals surface area (Å²) >= 11 is 3.80. The molecule has 0 radical (unpaired) electrons. The van der Waals surface area contributed by atoms with Gasteiger partial charge in [0.2, 0.25) is 0 Å². The average molecular weight is 514 g/mol. The molecule has 0 aliphatic rings. The molecule has 4 aromatic rings. The number of halogens is 1. The van der Waals surface area contributed by atoms with Gasteiger partial charge in [-0.05, 0) is 64.9 Å². The summed E-state index contributed by atoms with van der Waals surface area (Å²) in [6.07, 6.45) is 0.901. The molecule has 0 atom stereocenters. The molecule has 0 spiro atoms. The third-order valence-corrected chi connectivity index (χ3v) is 6.20. The van der Waals surface area contributed by atoms with Gasteiger partial charge in [-0.25, -0.2) is 4.98 Å². The Labute approximate surface area is 187 Å². The van der Waals surface area contributed by atoms with Gasteiger partial charge in [0.25, 0.3) is 5.56 Å². The summed E-state index contributed by atoms with van der Waals surface area (Å²) in [6.45, 7) is 0. The number of rotatable bonds is 6. The Kier molecular flexibility index (Phi) is 6.20. The van der Waals surface area contributed by atoms with Crippen molar-refractivity contribution < 1.29 is 4.74 Å². The normalized spacial score (nSPS) is 11.0. The Morgan fingerprint density at radius 2 is 1.79 bits per heavy atom. The maximum Gasteiger partial charge on any atom is 0.266 e. The molecular formula is C23H19IN2O2S. The summed E-state index contributed by atoms with van der Waals surface area (Å²) in [5.41, 5.74) is 2.60. The summed E-state index contributed by atoms with van der Waals surface area (Å²) in [5, 5.41) is 1.28. The van der Waals surface area contributed by atoms with Crippen molar-refractivity contribution in [3.63, 3.8) is 0 Å². The van der Waals surface area contributed by atoms with Crippen LogP contribution in [-0.2, 0) is 6.42 Å². The highest BCUT2D eigenvalue weighted by atomic mass is 127. The monoisotopic (exact) mass is 514 g/mol. The molecule has 0 amide bonds. The summed E-state index contributed by atoms with van der Waals surface area (Å²) in [4.78, 5) is 18.3. The molecule has 0 unspecified atom stereocenters. The van der Waals surface area contributed by atoms with Crippen LogP contribution in [0.2, 0.25) is 0 Å². The third kappa shape index (κ3) is 4.33. The zero-order chi connectivity index (χ0) is 20.2. The lowest BCUT2D eigenvalue weighted by molar-refractivity contribution is 0.411. The van der Waals surface area contributed by atoms with Gasteiger partial charge in [0.1, 0.15) is 5.75 Å². The molecule has 0 N–H and O–H groups in total. The summed E-state index contributed by atoms with van der Waals surface area (Å²) in [5.74, 6) is 1.47. The number of aromatic nitrogens is 2. The number of fused-ring (bicyclic) bond motifs is 1. The third-order valence-electron chi connectivity index (χ3n) is 4.59. The van der Waals surface area contributed by atoms with Gasteiger partial charge in [-0.2, -0.15) is 0 Å². The molecule has 6 heteroatoms. The zero-order valence-electron chi connectivity index (χ0n) is 15.8. The molecular weight excluding hydrogens is 495 g/mol. The SMILES string of the molecule is COc1ccccc1-n1c(SCCc2ccccc2)nc2ccc(I)cc2c1=O. The van der Waals surface area contributed by atoms with Crippen LogP contribution in [0.4, 0.5) is 0 Å². The maximum atomic E-state index is 13.5.